The molecule has 2 aromatic rings. The fourth-order valence-electron chi connectivity index (χ4n) is 3.96. The molecule has 184 valence electrons. The average Bonchev–Trinajstić information content (AvgIpc) is 2.84. The first-order valence-corrected chi connectivity index (χ1v) is 12.9. The van der Waals surface area contributed by atoms with Crippen LogP contribution in [0.2, 0.25) is 0 Å². The number of methoxy groups -OCH3 is 1. The Morgan fingerprint density at radius 3 is 2.24 bits per heavy atom. The maximum atomic E-state index is 13.1. The summed E-state index contributed by atoms with van der Waals surface area (Å²) in [4.78, 5) is 26.9. The van der Waals surface area contributed by atoms with Gasteiger partial charge in [-0.3, -0.25) is 9.59 Å². The number of hydrogen-bond donors (Lipinski definition) is 1. The molecule has 0 saturated carbocycles. The number of nitrogens with one attached hydrogen (secondary N) is 1. The number of carbonyl (C=O) groups is 2. The summed E-state index contributed by atoms with van der Waals surface area (Å²) in [7, 11) is -2.30. The van der Waals surface area contributed by atoms with E-state index in [0.717, 1.165) is 5.56 Å². The van der Waals surface area contributed by atoms with Crippen molar-refractivity contribution in [3.63, 3.8) is 0 Å². The van der Waals surface area contributed by atoms with E-state index in [1.54, 1.807) is 67.5 Å². The molecule has 34 heavy (non-hydrogen) atoms. The molecule has 1 N–H and O–H groups in total. The van der Waals surface area contributed by atoms with Crippen LogP contribution in [-0.2, 0) is 24.3 Å². The van der Waals surface area contributed by atoms with Crippen molar-refractivity contribution < 1.29 is 27.5 Å². The van der Waals surface area contributed by atoms with Crippen LogP contribution in [0.4, 0.5) is 0 Å². The zero-order valence-electron chi connectivity index (χ0n) is 19.8. The molecule has 1 heterocycles. The molecular formula is C25H32N2O6S. The van der Waals surface area contributed by atoms with Gasteiger partial charge in [0.15, 0.2) is 0 Å². The molecule has 0 aliphatic carbocycles. The van der Waals surface area contributed by atoms with Gasteiger partial charge in [-0.05, 0) is 56.5 Å². The van der Waals surface area contributed by atoms with E-state index in [9.17, 15) is 18.0 Å². The zero-order chi connectivity index (χ0) is 24.7. The quantitative estimate of drug-likeness (QED) is 0.544. The number of benzene rings is 2. The molecule has 1 saturated heterocycles. The summed E-state index contributed by atoms with van der Waals surface area (Å²) in [5.74, 6) is 0.0315. The largest absolute Gasteiger partial charge is 0.497 e. The highest BCUT2D eigenvalue weighted by Crippen LogP contribution is 2.26. The molecule has 0 aromatic heterocycles. The van der Waals surface area contributed by atoms with Crippen LogP contribution in [0.15, 0.2) is 53.4 Å². The second-order valence-corrected chi connectivity index (χ2v) is 10.1. The van der Waals surface area contributed by atoms with Crippen LogP contribution in [-0.4, -0.2) is 52.0 Å². The lowest BCUT2D eigenvalue weighted by Crippen LogP contribution is -2.42. The number of ether oxygens (including phenoxy) is 2. The van der Waals surface area contributed by atoms with Crippen molar-refractivity contribution in [2.45, 2.75) is 44.0 Å². The van der Waals surface area contributed by atoms with Crippen LogP contribution >= 0.6 is 0 Å². The van der Waals surface area contributed by atoms with Gasteiger partial charge in [0.25, 0.3) is 0 Å². The first-order chi connectivity index (χ1) is 16.2. The smallest absolute Gasteiger partial charge is 0.309 e. The van der Waals surface area contributed by atoms with Crippen LogP contribution in [0.5, 0.6) is 5.75 Å². The van der Waals surface area contributed by atoms with Crippen molar-refractivity contribution >= 4 is 21.9 Å². The van der Waals surface area contributed by atoms with Gasteiger partial charge in [0.05, 0.1) is 30.6 Å². The van der Waals surface area contributed by atoms with Crippen molar-refractivity contribution in [2.75, 3.05) is 26.8 Å². The number of aryl methyl sites for hydroxylation is 1. The van der Waals surface area contributed by atoms with Crippen molar-refractivity contribution in [3.05, 3.63) is 59.7 Å². The average molecular weight is 489 g/mol. The summed E-state index contributed by atoms with van der Waals surface area (Å²) >= 11 is 0. The SMILES string of the molecule is CCOC(=O)C1CCN(C(=O)C[C@H](NS(=O)(=O)c2ccc(C)cc2)c2ccc(OC)cc2)CC1. The minimum absolute atomic E-state index is 0.0402. The molecule has 0 unspecified atom stereocenters. The lowest BCUT2D eigenvalue weighted by molar-refractivity contribution is -0.151. The molecule has 0 bridgehead atoms. The third-order valence-electron chi connectivity index (χ3n) is 5.99. The topological polar surface area (TPSA) is 102 Å². The van der Waals surface area contributed by atoms with Gasteiger partial charge >= 0.3 is 5.97 Å². The summed E-state index contributed by atoms with van der Waals surface area (Å²) in [6.45, 7) is 4.86. The molecule has 9 heteroatoms. The molecule has 1 aliphatic rings. The number of sulfonamides is 1. The Balaban J connectivity index is 1.75. The van der Waals surface area contributed by atoms with Gasteiger partial charge in [-0.25, -0.2) is 13.1 Å². The molecule has 8 nitrogen and oxygen atoms in total. The van der Waals surface area contributed by atoms with Crippen LogP contribution in [0.3, 0.4) is 0 Å². The van der Waals surface area contributed by atoms with Crippen molar-refractivity contribution in [3.8, 4) is 5.75 Å². The molecule has 1 aliphatic heterocycles. The first-order valence-electron chi connectivity index (χ1n) is 11.4. The normalized spacial score (nSPS) is 15.6. The third-order valence-corrected chi connectivity index (χ3v) is 7.48. The van der Waals surface area contributed by atoms with Gasteiger partial charge in [0.2, 0.25) is 15.9 Å². The van der Waals surface area contributed by atoms with Crippen LogP contribution in [0, 0.1) is 12.8 Å². The van der Waals surface area contributed by atoms with Gasteiger partial charge in [0.1, 0.15) is 5.75 Å². The van der Waals surface area contributed by atoms with Crippen LogP contribution in [0.1, 0.15) is 43.4 Å². The Bertz CT molecular complexity index is 1080. The fourth-order valence-corrected chi connectivity index (χ4v) is 5.19. The molecular weight excluding hydrogens is 456 g/mol. The van der Waals surface area contributed by atoms with Gasteiger partial charge < -0.3 is 14.4 Å². The number of rotatable bonds is 9. The molecule has 3 rings (SSSR count). The van der Waals surface area contributed by atoms with E-state index in [1.165, 1.54) is 0 Å². The number of esters is 1. The number of amides is 1. The maximum Gasteiger partial charge on any atom is 0.309 e. The highest BCUT2D eigenvalue weighted by molar-refractivity contribution is 7.89. The molecule has 1 fully saturated rings. The Morgan fingerprint density at radius 1 is 1.06 bits per heavy atom. The number of hydrogen-bond acceptors (Lipinski definition) is 6. The van der Waals surface area contributed by atoms with E-state index in [-0.39, 0.29) is 29.1 Å². The van der Waals surface area contributed by atoms with Gasteiger partial charge in [0, 0.05) is 19.5 Å². The second-order valence-electron chi connectivity index (χ2n) is 8.37. The molecule has 2 aromatic carbocycles. The highest BCUT2D eigenvalue weighted by Gasteiger charge is 2.31. The van der Waals surface area contributed by atoms with E-state index in [4.69, 9.17) is 9.47 Å². The summed E-state index contributed by atoms with van der Waals surface area (Å²) in [5, 5.41) is 0. The number of piperidine rings is 1. The predicted octanol–water partition coefficient (Wildman–Crippen LogP) is 3.22. The summed E-state index contributed by atoms with van der Waals surface area (Å²) in [5.41, 5.74) is 1.61. The first kappa shape index (κ1) is 25.7. The Hall–Kier alpha value is -2.91. The summed E-state index contributed by atoms with van der Waals surface area (Å²) in [6, 6.07) is 12.8. The molecule has 0 spiro atoms. The molecule has 1 amide bonds. The van der Waals surface area contributed by atoms with E-state index < -0.39 is 16.1 Å². The zero-order valence-corrected chi connectivity index (χ0v) is 20.6. The van der Waals surface area contributed by atoms with E-state index in [2.05, 4.69) is 4.72 Å². The predicted molar refractivity (Wildman–Crippen MR) is 128 cm³/mol. The standard InChI is InChI=1S/C25H32N2O6S/c1-4-33-25(29)20-13-15-27(16-14-20)24(28)17-23(19-7-9-21(32-3)10-8-19)26-34(30,31)22-11-5-18(2)6-12-22/h5-12,20,23,26H,4,13-17H2,1-3H3/t23-/m0/s1. The maximum absolute atomic E-state index is 13.1. The highest BCUT2D eigenvalue weighted by atomic mass is 32.2. The van der Waals surface area contributed by atoms with Gasteiger partial charge in [-0.15, -0.1) is 0 Å². The Kier molecular flexibility index (Phi) is 8.68. The molecule has 1 atom stereocenters. The second kappa shape index (κ2) is 11.5. The minimum atomic E-state index is -3.86. The van der Waals surface area contributed by atoms with Crippen molar-refractivity contribution in [2.24, 2.45) is 5.92 Å². The number of nitrogens with zero attached hydrogens (tertiary/aromatic N) is 1. The monoisotopic (exact) mass is 488 g/mol. The Morgan fingerprint density at radius 2 is 1.68 bits per heavy atom. The van der Waals surface area contributed by atoms with Gasteiger partial charge in [-0.2, -0.15) is 0 Å². The van der Waals surface area contributed by atoms with E-state index in [1.807, 2.05) is 6.92 Å². The van der Waals surface area contributed by atoms with E-state index in [0.29, 0.717) is 43.9 Å². The van der Waals surface area contributed by atoms with Crippen LogP contribution < -0.4 is 9.46 Å². The van der Waals surface area contributed by atoms with E-state index >= 15 is 0 Å². The van der Waals surface area contributed by atoms with Crippen molar-refractivity contribution in [1.29, 1.82) is 0 Å². The van der Waals surface area contributed by atoms with Crippen LogP contribution in [0.25, 0.3) is 0 Å². The van der Waals surface area contributed by atoms with Gasteiger partial charge in [-0.1, -0.05) is 29.8 Å². The Labute approximate surface area is 201 Å². The summed E-state index contributed by atoms with van der Waals surface area (Å²) < 4.78 is 39.2. The van der Waals surface area contributed by atoms with Crippen molar-refractivity contribution in [1.82, 2.24) is 9.62 Å². The third kappa shape index (κ3) is 6.57. The minimum Gasteiger partial charge on any atom is -0.497 e. The molecule has 0 radical (unpaired) electrons. The fraction of sp³-hybridized carbons (Fsp3) is 0.440. The lowest BCUT2D eigenvalue weighted by atomic mass is 9.96. The lowest BCUT2D eigenvalue weighted by Gasteiger charge is -2.32. The number of likely N-dealkylation sites (tertiary alicyclic amines) is 1. The number of carbonyl (C=O) groups excluding carboxylic acids is 2. The summed E-state index contributed by atoms with van der Waals surface area (Å²) in [6.07, 6.45) is 1.03.